The number of aromatic nitrogens is 3. The second-order valence-electron chi connectivity index (χ2n) is 7.34. The van der Waals surface area contributed by atoms with Gasteiger partial charge in [-0.25, -0.2) is 4.39 Å². The molecule has 3 rings (SSSR count). The third-order valence-electron chi connectivity index (χ3n) is 3.91. The lowest BCUT2D eigenvalue weighted by Crippen LogP contribution is -2.49. The molecule has 7 nitrogen and oxygen atoms in total. The summed E-state index contributed by atoms with van der Waals surface area (Å²) in [6.45, 7) is 5.47. The van der Waals surface area contributed by atoms with Crippen LogP contribution in [0.3, 0.4) is 0 Å². The van der Waals surface area contributed by atoms with Crippen molar-refractivity contribution in [3.05, 3.63) is 71.2 Å². The third-order valence-corrected chi connectivity index (χ3v) is 4.42. The van der Waals surface area contributed by atoms with E-state index in [9.17, 15) is 14.0 Å². The number of anilines is 1. The first-order valence-electron chi connectivity index (χ1n) is 8.85. The number of benzene rings is 1. The average molecular weight is 413 g/mol. The van der Waals surface area contributed by atoms with E-state index in [-0.39, 0.29) is 11.4 Å². The first kappa shape index (κ1) is 20.5. The smallest absolute Gasteiger partial charge is 0.280 e. The molecule has 0 fully saturated rings. The fraction of sp³-hybridized carbons (Fsp3) is 0.250. The number of carbonyl (C=O) groups excluding carboxylic acids is 2. The molecule has 29 heavy (non-hydrogen) atoms. The van der Waals surface area contributed by atoms with E-state index in [1.807, 2.05) is 20.8 Å². The molecular formula is C20H20FN5O2S. The molecule has 1 aromatic carbocycles. The number of nitrogens with one attached hydrogen (secondary N) is 1. The van der Waals surface area contributed by atoms with Crippen LogP contribution in [0, 0.1) is 5.82 Å². The summed E-state index contributed by atoms with van der Waals surface area (Å²) in [7, 11) is 0. The molecule has 0 aliphatic heterocycles. The second kappa shape index (κ2) is 8.44. The van der Waals surface area contributed by atoms with Crippen molar-refractivity contribution in [1.29, 1.82) is 0 Å². The van der Waals surface area contributed by atoms with Crippen LogP contribution in [0.5, 0.6) is 0 Å². The van der Waals surface area contributed by atoms with Crippen LogP contribution in [0.25, 0.3) is 0 Å². The molecule has 2 heterocycles. The maximum Gasteiger partial charge on any atom is 0.280 e. The van der Waals surface area contributed by atoms with Gasteiger partial charge < -0.3 is 5.32 Å². The zero-order chi connectivity index (χ0) is 21.0. The minimum atomic E-state index is -1.16. The molecule has 0 aliphatic carbocycles. The van der Waals surface area contributed by atoms with Crippen molar-refractivity contribution in [2.45, 2.75) is 32.4 Å². The van der Waals surface area contributed by atoms with Crippen LogP contribution in [0.1, 0.15) is 42.9 Å². The minimum Gasteiger partial charge on any atom is -0.349 e. The molecule has 9 heteroatoms. The normalized spacial score (nSPS) is 12.3. The zero-order valence-corrected chi connectivity index (χ0v) is 17.0. The molecule has 3 aromatic rings. The van der Waals surface area contributed by atoms with Gasteiger partial charge in [0.2, 0.25) is 5.91 Å². The van der Waals surface area contributed by atoms with Gasteiger partial charge in [0.25, 0.3) is 5.91 Å². The molecule has 1 atom stereocenters. The monoisotopic (exact) mass is 413 g/mol. The topological polar surface area (TPSA) is 88.1 Å². The van der Waals surface area contributed by atoms with Gasteiger partial charge in [-0.15, -0.1) is 5.10 Å². The van der Waals surface area contributed by atoms with E-state index in [0.717, 1.165) is 16.4 Å². The van der Waals surface area contributed by atoms with Crippen LogP contribution in [0.4, 0.5) is 10.1 Å². The van der Waals surface area contributed by atoms with Gasteiger partial charge in [0, 0.05) is 28.9 Å². The zero-order valence-electron chi connectivity index (χ0n) is 16.2. The standard InChI is InChI=1S/C20H20FN5O2S/c1-20(2,3)23-18(27)17(13-7-6-10-22-11-13)26(16-9-5-4-8-14(16)21)19(28)15-12-29-25-24-15/h4-12,17H,1-3H3,(H,23,27). The van der Waals surface area contributed by atoms with Crippen LogP contribution in [0.15, 0.2) is 54.2 Å². The summed E-state index contributed by atoms with van der Waals surface area (Å²) in [4.78, 5) is 31.7. The molecule has 2 amide bonds. The Morgan fingerprint density at radius 1 is 1.17 bits per heavy atom. The Hall–Kier alpha value is -3.20. The highest BCUT2D eigenvalue weighted by molar-refractivity contribution is 7.03. The van der Waals surface area contributed by atoms with Gasteiger partial charge in [0.1, 0.15) is 11.9 Å². The fourth-order valence-electron chi connectivity index (χ4n) is 2.79. The SMILES string of the molecule is CC(C)(C)NC(=O)C(c1cccnc1)N(C(=O)c1csnn1)c1ccccc1F. The Bertz CT molecular complexity index is 990. The summed E-state index contributed by atoms with van der Waals surface area (Å²) < 4.78 is 18.5. The van der Waals surface area contributed by atoms with E-state index in [1.54, 1.807) is 24.4 Å². The summed E-state index contributed by atoms with van der Waals surface area (Å²) in [5.74, 6) is -1.74. The molecular weight excluding hydrogens is 393 g/mol. The summed E-state index contributed by atoms with van der Waals surface area (Å²) in [6, 6.07) is 7.95. The lowest BCUT2D eigenvalue weighted by molar-refractivity contribution is -0.123. The van der Waals surface area contributed by atoms with E-state index in [4.69, 9.17) is 0 Å². The van der Waals surface area contributed by atoms with Gasteiger partial charge >= 0.3 is 0 Å². The second-order valence-corrected chi connectivity index (χ2v) is 7.95. The van der Waals surface area contributed by atoms with Crippen LogP contribution in [-0.2, 0) is 4.79 Å². The molecule has 0 aliphatic rings. The number of halogens is 1. The Balaban J connectivity index is 2.18. The van der Waals surface area contributed by atoms with E-state index in [2.05, 4.69) is 19.9 Å². The Morgan fingerprint density at radius 3 is 2.52 bits per heavy atom. The number of para-hydroxylation sites is 1. The maximum atomic E-state index is 14.7. The minimum absolute atomic E-state index is 0.0238. The number of nitrogens with zero attached hydrogens (tertiary/aromatic N) is 4. The number of pyridine rings is 1. The van der Waals surface area contributed by atoms with Crippen molar-refractivity contribution < 1.29 is 14.0 Å². The largest absolute Gasteiger partial charge is 0.349 e. The summed E-state index contributed by atoms with van der Waals surface area (Å²) in [6.07, 6.45) is 3.04. The molecule has 0 bridgehead atoms. The molecule has 0 saturated carbocycles. The highest BCUT2D eigenvalue weighted by Crippen LogP contribution is 2.31. The van der Waals surface area contributed by atoms with E-state index in [1.165, 1.54) is 29.8 Å². The Labute approximate surface area is 171 Å². The summed E-state index contributed by atoms with van der Waals surface area (Å²) >= 11 is 0.995. The van der Waals surface area contributed by atoms with Gasteiger partial charge in [0.15, 0.2) is 5.69 Å². The first-order valence-corrected chi connectivity index (χ1v) is 9.68. The summed E-state index contributed by atoms with van der Waals surface area (Å²) in [5, 5.41) is 8.14. The highest BCUT2D eigenvalue weighted by Gasteiger charge is 2.37. The van der Waals surface area contributed by atoms with Gasteiger partial charge in [0.05, 0.1) is 5.69 Å². The lowest BCUT2D eigenvalue weighted by atomic mass is 10.0. The van der Waals surface area contributed by atoms with Crippen molar-refractivity contribution >= 4 is 29.0 Å². The molecule has 2 aromatic heterocycles. The van der Waals surface area contributed by atoms with Crippen molar-refractivity contribution in [3.63, 3.8) is 0 Å². The Morgan fingerprint density at radius 2 is 1.93 bits per heavy atom. The first-order chi connectivity index (χ1) is 13.8. The van der Waals surface area contributed by atoms with Gasteiger partial charge in [-0.3, -0.25) is 19.5 Å². The number of carbonyl (C=O) groups is 2. The molecule has 1 N–H and O–H groups in total. The third kappa shape index (κ3) is 4.80. The molecule has 150 valence electrons. The lowest BCUT2D eigenvalue weighted by Gasteiger charge is -2.33. The predicted octanol–water partition coefficient (Wildman–Crippen LogP) is 3.38. The van der Waals surface area contributed by atoms with Crippen molar-refractivity contribution in [3.8, 4) is 0 Å². The quantitative estimate of drug-likeness (QED) is 0.693. The Kier molecular flexibility index (Phi) is 5.97. The molecule has 1 unspecified atom stereocenters. The van der Waals surface area contributed by atoms with Gasteiger partial charge in [-0.05, 0) is 50.5 Å². The molecule has 0 saturated heterocycles. The highest BCUT2D eigenvalue weighted by atomic mass is 32.1. The van der Waals surface area contributed by atoms with Crippen LogP contribution in [0.2, 0.25) is 0 Å². The van der Waals surface area contributed by atoms with Gasteiger partial charge in [-0.2, -0.15) is 0 Å². The van der Waals surface area contributed by atoms with E-state index >= 15 is 0 Å². The van der Waals surface area contributed by atoms with Crippen LogP contribution < -0.4 is 10.2 Å². The number of hydrogen-bond acceptors (Lipinski definition) is 6. The molecule has 0 spiro atoms. The fourth-order valence-corrected chi connectivity index (χ4v) is 3.22. The van der Waals surface area contributed by atoms with Crippen molar-refractivity contribution in [1.82, 2.24) is 19.9 Å². The molecule has 0 radical (unpaired) electrons. The van der Waals surface area contributed by atoms with Gasteiger partial charge in [-0.1, -0.05) is 22.7 Å². The van der Waals surface area contributed by atoms with Crippen LogP contribution >= 0.6 is 11.5 Å². The van der Waals surface area contributed by atoms with Crippen molar-refractivity contribution in [2.24, 2.45) is 0 Å². The number of hydrogen-bond donors (Lipinski definition) is 1. The van der Waals surface area contributed by atoms with Crippen LogP contribution in [-0.4, -0.2) is 31.9 Å². The van der Waals surface area contributed by atoms with Crippen molar-refractivity contribution in [2.75, 3.05) is 4.90 Å². The maximum absolute atomic E-state index is 14.7. The summed E-state index contributed by atoms with van der Waals surface area (Å²) in [5.41, 5.74) is -0.142. The average Bonchev–Trinajstić information content (AvgIpc) is 3.20. The van der Waals surface area contributed by atoms with E-state index in [0.29, 0.717) is 5.56 Å². The number of amides is 2. The predicted molar refractivity (Wildman–Crippen MR) is 108 cm³/mol. The number of rotatable bonds is 5. The van der Waals surface area contributed by atoms with E-state index < -0.39 is 29.2 Å².